The minimum Gasteiger partial charge on any atom is -0.449 e. The fourth-order valence-corrected chi connectivity index (χ4v) is 5.33. The third-order valence-corrected chi connectivity index (χ3v) is 7.34. The van der Waals surface area contributed by atoms with E-state index in [4.69, 9.17) is 15.2 Å². The van der Waals surface area contributed by atoms with Crippen molar-refractivity contribution < 1.29 is 9.47 Å². The number of aromatic nitrogens is 1. The summed E-state index contributed by atoms with van der Waals surface area (Å²) in [5.74, 6) is 1.01. The van der Waals surface area contributed by atoms with E-state index in [2.05, 4.69) is 73.6 Å². The normalized spacial score (nSPS) is 17.5. The minimum absolute atomic E-state index is 0.0647. The summed E-state index contributed by atoms with van der Waals surface area (Å²) in [4.78, 5) is 0. The van der Waals surface area contributed by atoms with Gasteiger partial charge in [-0.1, -0.05) is 33.4 Å². The molecule has 186 valence electrons. The second-order valence-corrected chi connectivity index (χ2v) is 11.7. The molecule has 0 atom stereocenters. The summed E-state index contributed by atoms with van der Waals surface area (Å²) in [5.41, 5.74) is 11.8. The molecule has 1 aliphatic heterocycles. The molecular formula is C30H39N3O2. The van der Waals surface area contributed by atoms with Crippen LogP contribution in [0.1, 0.15) is 71.6 Å². The van der Waals surface area contributed by atoms with Crippen LogP contribution in [-0.4, -0.2) is 16.9 Å². The third kappa shape index (κ3) is 4.42. The van der Waals surface area contributed by atoms with Crippen molar-refractivity contribution in [2.45, 2.75) is 83.5 Å². The molecule has 0 bridgehead atoms. The smallest absolute Gasteiger partial charge is 0.246 e. The summed E-state index contributed by atoms with van der Waals surface area (Å²) < 4.78 is 14.3. The number of hydrogen-bond donors (Lipinski definition) is 2. The van der Waals surface area contributed by atoms with Gasteiger partial charge < -0.3 is 25.1 Å². The first-order valence-electron chi connectivity index (χ1n) is 12.9. The SMILES string of the molecule is C=C(Nc1ccc2c(c1)cc(C(C)(C)C)n2CCCCN)C1(c2ccc3c(c2)OC(C)(C)O3)CC1. The van der Waals surface area contributed by atoms with E-state index in [1.807, 2.05) is 19.9 Å². The summed E-state index contributed by atoms with van der Waals surface area (Å²) in [6.45, 7) is 16.9. The molecule has 3 aromatic rings. The molecule has 2 aliphatic rings. The van der Waals surface area contributed by atoms with Gasteiger partial charge in [-0.05, 0) is 74.2 Å². The Morgan fingerprint density at radius 1 is 1.03 bits per heavy atom. The molecule has 5 nitrogen and oxygen atoms in total. The van der Waals surface area contributed by atoms with Crippen molar-refractivity contribution in [3.8, 4) is 11.5 Å². The molecule has 0 unspecified atom stereocenters. The second-order valence-electron chi connectivity index (χ2n) is 11.7. The molecule has 5 heteroatoms. The van der Waals surface area contributed by atoms with Gasteiger partial charge in [-0.2, -0.15) is 0 Å². The maximum atomic E-state index is 6.00. The fourth-order valence-electron chi connectivity index (χ4n) is 5.33. The van der Waals surface area contributed by atoms with E-state index in [0.29, 0.717) is 0 Å². The fraction of sp³-hybridized carbons (Fsp3) is 0.467. The molecule has 0 spiro atoms. The van der Waals surface area contributed by atoms with Gasteiger partial charge in [0.2, 0.25) is 5.79 Å². The highest BCUT2D eigenvalue weighted by molar-refractivity contribution is 5.85. The number of nitrogens with one attached hydrogen (secondary N) is 1. The van der Waals surface area contributed by atoms with Crippen LogP contribution in [0.3, 0.4) is 0 Å². The number of rotatable bonds is 8. The highest BCUT2D eigenvalue weighted by Crippen LogP contribution is 2.55. The molecule has 0 amide bonds. The largest absolute Gasteiger partial charge is 0.449 e. The molecule has 1 fully saturated rings. The van der Waals surface area contributed by atoms with Crippen molar-refractivity contribution in [1.29, 1.82) is 0 Å². The first-order chi connectivity index (χ1) is 16.5. The van der Waals surface area contributed by atoms with Gasteiger partial charge in [0.15, 0.2) is 11.5 Å². The zero-order chi connectivity index (χ0) is 25.0. The Balaban J connectivity index is 1.39. The van der Waals surface area contributed by atoms with Crippen molar-refractivity contribution >= 4 is 16.6 Å². The summed E-state index contributed by atoms with van der Waals surface area (Å²) in [6.07, 6.45) is 4.29. The number of aryl methyl sites for hydroxylation is 1. The number of anilines is 1. The van der Waals surface area contributed by atoms with E-state index >= 15 is 0 Å². The lowest BCUT2D eigenvalue weighted by atomic mass is 9.92. The number of ether oxygens (including phenoxy) is 2. The Kier molecular flexibility index (Phi) is 5.67. The van der Waals surface area contributed by atoms with E-state index < -0.39 is 5.79 Å². The van der Waals surface area contributed by atoms with Crippen LogP contribution < -0.4 is 20.5 Å². The predicted molar refractivity (Wildman–Crippen MR) is 144 cm³/mol. The van der Waals surface area contributed by atoms with Crippen molar-refractivity contribution in [2.24, 2.45) is 5.73 Å². The summed E-state index contributed by atoms with van der Waals surface area (Å²) in [5, 5.41) is 4.91. The van der Waals surface area contributed by atoms with Crippen LogP contribution in [0.2, 0.25) is 0 Å². The topological polar surface area (TPSA) is 61.4 Å². The van der Waals surface area contributed by atoms with Crippen LogP contribution in [0.15, 0.2) is 54.7 Å². The van der Waals surface area contributed by atoms with Crippen LogP contribution in [-0.2, 0) is 17.4 Å². The van der Waals surface area contributed by atoms with Crippen molar-refractivity contribution in [3.63, 3.8) is 0 Å². The Labute approximate surface area is 209 Å². The maximum absolute atomic E-state index is 6.00. The monoisotopic (exact) mass is 473 g/mol. The average molecular weight is 474 g/mol. The Hall–Kier alpha value is -2.92. The van der Waals surface area contributed by atoms with Crippen molar-refractivity contribution in [2.75, 3.05) is 11.9 Å². The summed E-state index contributed by atoms with van der Waals surface area (Å²) >= 11 is 0. The van der Waals surface area contributed by atoms with Gasteiger partial charge >= 0.3 is 0 Å². The molecule has 1 aromatic heterocycles. The zero-order valence-corrected chi connectivity index (χ0v) is 21.8. The summed E-state index contributed by atoms with van der Waals surface area (Å²) in [7, 11) is 0. The number of unbranched alkanes of at least 4 members (excludes halogenated alkanes) is 1. The van der Waals surface area contributed by atoms with Crippen LogP contribution in [0.5, 0.6) is 11.5 Å². The van der Waals surface area contributed by atoms with E-state index in [1.165, 1.54) is 22.2 Å². The maximum Gasteiger partial charge on any atom is 0.246 e. The average Bonchev–Trinajstić information content (AvgIpc) is 3.42. The van der Waals surface area contributed by atoms with Crippen molar-refractivity contribution in [1.82, 2.24) is 4.57 Å². The van der Waals surface area contributed by atoms with Crippen LogP contribution in [0, 0.1) is 0 Å². The first kappa shape index (κ1) is 23.8. The Bertz CT molecular complexity index is 1270. The van der Waals surface area contributed by atoms with Gasteiger partial charge in [-0.25, -0.2) is 0 Å². The first-order valence-corrected chi connectivity index (χ1v) is 12.9. The molecule has 3 N–H and O–H groups in total. The molecular weight excluding hydrogens is 434 g/mol. The standard InChI is InChI=1S/C30H39N3O2/c1-20(30(13-14-30)22-9-12-25-26(19-22)35-29(5,6)34-25)32-23-10-11-24-21(17-23)18-27(28(2,3)4)33(24)16-8-7-15-31/h9-12,17-19,32H,1,7-8,13-16,31H2,2-6H3. The Morgan fingerprint density at radius 3 is 2.46 bits per heavy atom. The molecule has 0 radical (unpaired) electrons. The number of benzene rings is 2. The Morgan fingerprint density at radius 2 is 1.77 bits per heavy atom. The molecule has 0 saturated heterocycles. The van der Waals surface area contributed by atoms with Crippen LogP contribution >= 0.6 is 0 Å². The van der Waals surface area contributed by atoms with E-state index in [0.717, 1.165) is 61.7 Å². The van der Waals surface area contributed by atoms with E-state index in [1.54, 1.807) is 0 Å². The molecule has 1 aliphatic carbocycles. The minimum atomic E-state index is -0.616. The molecule has 35 heavy (non-hydrogen) atoms. The van der Waals surface area contributed by atoms with Gasteiger partial charge in [0.1, 0.15) is 0 Å². The zero-order valence-electron chi connectivity index (χ0n) is 21.8. The quantitative estimate of drug-likeness (QED) is 0.352. The lowest BCUT2D eigenvalue weighted by Gasteiger charge is -2.22. The van der Waals surface area contributed by atoms with Gasteiger partial charge in [0.25, 0.3) is 0 Å². The van der Waals surface area contributed by atoms with Crippen molar-refractivity contribution in [3.05, 3.63) is 66.0 Å². The number of nitrogens with zero attached hydrogens (tertiary/aromatic N) is 1. The highest BCUT2D eigenvalue weighted by atomic mass is 16.7. The number of allylic oxidation sites excluding steroid dienone is 1. The van der Waals surface area contributed by atoms with Crippen LogP contribution in [0.4, 0.5) is 5.69 Å². The number of nitrogens with two attached hydrogens (primary N) is 1. The molecule has 2 heterocycles. The van der Waals surface area contributed by atoms with E-state index in [-0.39, 0.29) is 10.8 Å². The predicted octanol–water partition coefficient (Wildman–Crippen LogP) is 6.84. The second kappa shape index (κ2) is 8.34. The van der Waals surface area contributed by atoms with E-state index in [9.17, 15) is 0 Å². The summed E-state index contributed by atoms with van der Waals surface area (Å²) in [6, 6.07) is 15.3. The molecule has 1 saturated carbocycles. The molecule has 2 aromatic carbocycles. The lowest BCUT2D eigenvalue weighted by molar-refractivity contribution is -0.0431. The number of fused-ring (bicyclic) bond motifs is 2. The third-order valence-electron chi connectivity index (χ3n) is 7.34. The van der Waals surface area contributed by atoms with Gasteiger partial charge in [0, 0.05) is 59.2 Å². The van der Waals surface area contributed by atoms with Gasteiger partial charge in [-0.15, -0.1) is 0 Å². The molecule has 5 rings (SSSR count). The van der Waals surface area contributed by atoms with Crippen LogP contribution in [0.25, 0.3) is 10.9 Å². The van der Waals surface area contributed by atoms with Gasteiger partial charge in [-0.3, -0.25) is 0 Å². The van der Waals surface area contributed by atoms with Gasteiger partial charge in [0.05, 0.1) is 0 Å². The highest BCUT2D eigenvalue weighted by Gasteiger charge is 2.48. The lowest BCUT2D eigenvalue weighted by Crippen LogP contribution is -2.29. The number of hydrogen-bond acceptors (Lipinski definition) is 4.